The number of hydrogen-bond acceptors (Lipinski definition) is 2. The Morgan fingerprint density at radius 3 is 2.29 bits per heavy atom. The molecule has 0 saturated heterocycles. The summed E-state index contributed by atoms with van der Waals surface area (Å²) in [5.74, 6) is 0.938. The van der Waals surface area contributed by atoms with Crippen LogP contribution in [0.25, 0.3) is 0 Å². The number of thiol groups is 1. The minimum atomic E-state index is 0. The molecule has 1 nitrogen and oxygen atoms in total. The van der Waals surface area contributed by atoms with Crippen molar-refractivity contribution in [1.82, 2.24) is 5.32 Å². The second-order valence-corrected chi connectivity index (χ2v) is 1.52. The third-order valence-corrected chi connectivity index (χ3v) is 0.762. The molecule has 7 heavy (non-hydrogen) atoms. The van der Waals surface area contributed by atoms with Gasteiger partial charge < -0.3 is 5.32 Å². The van der Waals surface area contributed by atoms with Crippen molar-refractivity contribution in [1.29, 1.82) is 0 Å². The molecule has 0 atom stereocenters. The molecule has 0 spiro atoms. The van der Waals surface area contributed by atoms with Crippen molar-refractivity contribution < 1.29 is 0 Å². The maximum Gasteiger partial charge on any atom is 0.00396 e. The van der Waals surface area contributed by atoms with Crippen LogP contribution in [0, 0.1) is 0 Å². The summed E-state index contributed by atoms with van der Waals surface area (Å²) >= 11 is 3.99. The van der Waals surface area contributed by atoms with E-state index in [1.165, 1.54) is 0 Å². The standard InChI is InChI=1S/C4H11NS.ClH/c1-2-5-3-4-6;/h5-6H,2-4H2,1H3;1H. The van der Waals surface area contributed by atoms with Gasteiger partial charge in [0.1, 0.15) is 0 Å². The molecule has 0 amide bonds. The van der Waals surface area contributed by atoms with E-state index in [1.54, 1.807) is 0 Å². The molecule has 0 unspecified atom stereocenters. The first-order valence-corrected chi connectivity index (χ1v) is 2.86. The monoisotopic (exact) mass is 141 g/mol. The molecule has 0 radical (unpaired) electrons. The summed E-state index contributed by atoms with van der Waals surface area (Å²) in [4.78, 5) is 0. The van der Waals surface area contributed by atoms with Gasteiger partial charge in [-0.2, -0.15) is 12.6 Å². The van der Waals surface area contributed by atoms with E-state index in [2.05, 4.69) is 24.9 Å². The second-order valence-electron chi connectivity index (χ2n) is 1.08. The van der Waals surface area contributed by atoms with Crippen molar-refractivity contribution in [3.8, 4) is 0 Å². The fraction of sp³-hybridized carbons (Fsp3) is 1.00. The minimum absolute atomic E-state index is 0. The molecular weight excluding hydrogens is 130 g/mol. The summed E-state index contributed by atoms with van der Waals surface area (Å²) in [5.41, 5.74) is 0. The molecule has 0 aliphatic heterocycles. The zero-order valence-electron chi connectivity index (χ0n) is 4.48. The van der Waals surface area contributed by atoms with Crippen molar-refractivity contribution in [2.45, 2.75) is 6.92 Å². The van der Waals surface area contributed by atoms with Crippen LogP contribution in [0.2, 0.25) is 0 Å². The molecule has 0 bridgehead atoms. The van der Waals surface area contributed by atoms with E-state index in [9.17, 15) is 0 Å². The summed E-state index contributed by atoms with van der Waals surface area (Å²) in [7, 11) is 0. The third-order valence-electron chi connectivity index (χ3n) is 0.539. The van der Waals surface area contributed by atoms with Crippen molar-refractivity contribution in [2.24, 2.45) is 0 Å². The highest BCUT2D eigenvalue weighted by molar-refractivity contribution is 7.80. The van der Waals surface area contributed by atoms with E-state index >= 15 is 0 Å². The topological polar surface area (TPSA) is 12.0 Å². The van der Waals surface area contributed by atoms with Crippen LogP contribution in [0.1, 0.15) is 6.92 Å². The number of halogens is 1. The molecule has 0 aromatic heterocycles. The normalized spacial score (nSPS) is 7.71. The predicted octanol–water partition coefficient (Wildman–Crippen LogP) is 0.948. The van der Waals surface area contributed by atoms with Crippen molar-refractivity contribution in [3.63, 3.8) is 0 Å². The van der Waals surface area contributed by atoms with Gasteiger partial charge in [-0.3, -0.25) is 0 Å². The van der Waals surface area contributed by atoms with E-state index in [1.807, 2.05) is 0 Å². The quantitative estimate of drug-likeness (QED) is 0.441. The highest BCUT2D eigenvalue weighted by atomic mass is 35.5. The van der Waals surface area contributed by atoms with Gasteiger partial charge in [0.25, 0.3) is 0 Å². The van der Waals surface area contributed by atoms with Crippen LogP contribution in [0.5, 0.6) is 0 Å². The Hall–Kier alpha value is 0.600. The maximum atomic E-state index is 3.99. The van der Waals surface area contributed by atoms with Crippen LogP contribution >= 0.6 is 25.0 Å². The third kappa shape index (κ3) is 10.8. The highest BCUT2D eigenvalue weighted by Gasteiger charge is 1.71. The number of hydrogen-bond donors (Lipinski definition) is 2. The van der Waals surface area contributed by atoms with Crippen LogP contribution in [0.15, 0.2) is 0 Å². The van der Waals surface area contributed by atoms with Gasteiger partial charge in [-0.15, -0.1) is 12.4 Å². The highest BCUT2D eigenvalue weighted by Crippen LogP contribution is 1.65. The first-order chi connectivity index (χ1) is 2.91. The van der Waals surface area contributed by atoms with Gasteiger partial charge in [0, 0.05) is 12.3 Å². The molecule has 0 rings (SSSR count). The lowest BCUT2D eigenvalue weighted by molar-refractivity contribution is 0.769. The second kappa shape index (κ2) is 9.78. The van der Waals surface area contributed by atoms with Gasteiger partial charge >= 0.3 is 0 Å². The van der Waals surface area contributed by atoms with Gasteiger partial charge in [-0.25, -0.2) is 0 Å². The molecule has 0 aromatic carbocycles. The molecule has 0 heterocycles. The molecule has 3 heteroatoms. The van der Waals surface area contributed by atoms with Crippen LogP contribution in [0.4, 0.5) is 0 Å². The molecule has 0 aliphatic carbocycles. The van der Waals surface area contributed by atoms with Crippen LogP contribution in [-0.4, -0.2) is 18.8 Å². The van der Waals surface area contributed by atoms with Gasteiger partial charge in [0.15, 0.2) is 0 Å². The summed E-state index contributed by atoms with van der Waals surface area (Å²) in [6, 6.07) is 0. The Morgan fingerprint density at radius 2 is 2.14 bits per heavy atom. The summed E-state index contributed by atoms with van der Waals surface area (Å²) < 4.78 is 0. The summed E-state index contributed by atoms with van der Waals surface area (Å²) in [5, 5.41) is 3.12. The van der Waals surface area contributed by atoms with Crippen molar-refractivity contribution in [3.05, 3.63) is 0 Å². The number of nitrogens with one attached hydrogen (secondary N) is 1. The van der Waals surface area contributed by atoms with Crippen molar-refractivity contribution >= 4 is 25.0 Å². The average Bonchev–Trinajstić information content (AvgIpc) is 1.61. The van der Waals surface area contributed by atoms with E-state index < -0.39 is 0 Å². The van der Waals surface area contributed by atoms with Gasteiger partial charge in [-0.05, 0) is 6.54 Å². The van der Waals surface area contributed by atoms with Crippen molar-refractivity contribution in [2.75, 3.05) is 18.8 Å². The van der Waals surface area contributed by atoms with Gasteiger partial charge in [0.05, 0.1) is 0 Å². The Bertz CT molecular complexity index is 23.7. The summed E-state index contributed by atoms with van der Waals surface area (Å²) in [6.07, 6.45) is 0. The lowest BCUT2D eigenvalue weighted by Gasteiger charge is -1.91. The maximum absolute atomic E-state index is 3.99. The largest absolute Gasteiger partial charge is 0.316 e. The van der Waals surface area contributed by atoms with Crippen LogP contribution in [0.3, 0.4) is 0 Å². The van der Waals surface area contributed by atoms with Gasteiger partial charge in [0.2, 0.25) is 0 Å². The lowest BCUT2D eigenvalue weighted by Crippen LogP contribution is -2.14. The molecular formula is C4H12ClNS. The Labute approximate surface area is 56.7 Å². The Morgan fingerprint density at radius 1 is 1.57 bits per heavy atom. The minimum Gasteiger partial charge on any atom is -0.316 e. The smallest absolute Gasteiger partial charge is 0.00396 e. The molecule has 0 fully saturated rings. The summed E-state index contributed by atoms with van der Waals surface area (Å²) in [6.45, 7) is 4.17. The number of rotatable bonds is 3. The van der Waals surface area contributed by atoms with Crippen LogP contribution < -0.4 is 5.32 Å². The van der Waals surface area contributed by atoms with Gasteiger partial charge in [-0.1, -0.05) is 6.92 Å². The predicted molar refractivity (Wildman–Crippen MR) is 39.6 cm³/mol. The molecule has 0 aromatic rings. The fourth-order valence-electron chi connectivity index (χ4n) is 0.256. The molecule has 1 N–H and O–H groups in total. The average molecular weight is 142 g/mol. The SMILES string of the molecule is CCNCCS.Cl. The van der Waals surface area contributed by atoms with E-state index in [0.29, 0.717) is 0 Å². The zero-order chi connectivity index (χ0) is 4.83. The lowest BCUT2D eigenvalue weighted by atomic mass is 10.7. The first-order valence-electron chi connectivity index (χ1n) is 2.23. The molecule has 0 saturated carbocycles. The Balaban J connectivity index is 0. The molecule has 46 valence electrons. The fourth-order valence-corrected chi connectivity index (χ4v) is 0.414. The van der Waals surface area contributed by atoms with Crippen LogP contribution in [-0.2, 0) is 0 Å². The molecule has 0 aliphatic rings. The van der Waals surface area contributed by atoms with E-state index in [4.69, 9.17) is 0 Å². The van der Waals surface area contributed by atoms with E-state index in [-0.39, 0.29) is 12.4 Å². The first kappa shape index (κ1) is 10.6. The van der Waals surface area contributed by atoms with E-state index in [0.717, 1.165) is 18.8 Å². The Kier molecular flexibility index (Phi) is 14.8. The zero-order valence-corrected chi connectivity index (χ0v) is 6.19.